The minimum Gasteiger partial charge on any atom is -0.496 e. The van der Waals surface area contributed by atoms with Crippen LogP contribution in [0.5, 0.6) is 5.75 Å². The predicted molar refractivity (Wildman–Crippen MR) is 59.5 cm³/mol. The van der Waals surface area contributed by atoms with Crippen molar-refractivity contribution in [2.45, 2.75) is 12.4 Å². The fraction of sp³-hybridized carbons (Fsp3) is 0.300. The van der Waals surface area contributed by atoms with Gasteiger partial charge >= 0.3 is 0 Å². The van der Waals surface area contributed by atoms with E-state index in [4.69, 9.17) is 16.3 Å². The van der Waals surface area contributed by atoms with E-state index in [9.17, 15) is 0 Å². The van der Waals surface area contributed by atoms with Crippen LogP contribution in [-0.2, 0) is 12.4 Å². The van der Waals surface area contributed by atoms with E-state index in [2.05, 4.69) is 15.5 Å². The average Bonchev–Trinajstić information content (AvgIpc) is 2.77. The number of halogens is 1. The Labute approximate surface area is 98.0 Å². The van der Waals surface area contributed by atoms with E-state index in [1.165, 1.54) is 0 Å². The lowest BCUT2D eigenvalue weighted by molar-refractivity contribution is 0.406. The van der Waals surface area contributed by atoms with Crippen molar-refractivity contribution in [2.24, 2.45) is 0 Å². The van der Waals surface area contributed by atoms with Crippen molar-refractivity contribution in [2.75, 3.05) is 7.11 Å². The molecule has 5 nitrogen and oxygen atoms in total. The van der Waals surface area contributed by atoms with Gasteiger partial charge < -0.3 is 4.74 Å². The van der Waals surface area contributed by atoms with Crippen LogP contribution in [-0.4, -0.2) is 27.3 Å². The smallest absolute Gasteiger partial charge is 0.166 e. The molecule has 0 radical (unpaired) electrons. The first-order chi connectivity index (χ1) is 7.85. The maximum absolute atomic E-state index is 5.72. The quantitative estimate of drug-likeness (QED) is 0.757. The molecule has 2 rings (SSSR count). The molecule has 0 aliphatic heterocycles. The molecule has 0 atom stereocenters. The highest BCUT2D eigenvalue weighted by Gasteiger charge is 2.08. The number of hydrogen-bond acceptors (Lipinski definition) is 4. The van der Waals surface area contributed by atoms with E-state index in [1.54, 1.807) is 11.8 Å². The number of aromatic nitrogens is 4. The van der Waals surface area contributed by atoms with Gasteiger partial charge in [0.2, 0.25) is 0 Å². The molecule has 0 bridgehead atoms. The summed E-state index contributed by atoms with van der Waals surface area (Å²) in [5, 5.41) is 11.3. The van der Waals surface area contributed by atoms with E-state index >= 15 is 0 Å². The van der Waals surface area contributed by atoms with Crippen molar-refractivity contribution in [3.63, 3.8) is 0 Å². The maximum atomic E-state index is 5.72. The molecule has 0 spiro atoms. The van der Waals surface area contributed by atoms with Crippen LogP contribution >= 0.6 is 11.6 Å². The second-order valence-electron chi connectivity index (χ2n) is 3.20. The molecule has 0 saturated heterocycles. The molecule has 84 valence electrons. The first-order valence-electron chi connectivity index (χ1n) is 4.78. The normalized spacial score (nSPS) is 10.4. The molecule has 0 aliphatic carbocycles. The monoisotopic (exact) mass is 238 g/mol. The van der Waals surface area contributed by atoms with Crippen LogP contribution in [0.1, 0.15) is 11.4 Å². The summed E-state index contributed by atoms with van der Waals surface area (Å²) in [7, 11) is 1.64. The van der Waals surface area contributed by atoms with E-state index < -0.39 is 0 Å². The molecule has 0 N–H and O–H groups in total. The van der Waals surface area contributed by atoms with E-state index in [0.29, 0.717) is 18.2 Å². The Kier molecular flexibility index (Phi) is 3.36. The van der Waals surface area contributed by atoms with Gasteiger partial charge in [0.25, 0.3) is 0 Å². The lowest BCUT2D eigenvalue weighted by atomic mass is 10.2. The highest BCUT2D eigenvalue weighted by atomic mass is 35.5. The van der Waals surface area contributed by atoms with Crippen LogP contribution in [0.2, 0.25) is 0 Å². The number of nitrogens with zero attached hydrogens (tertiary/aromatic N) is 4. The Balaban J connectivity index is 2.26. The average molecular weight is 239 g/mol. The standard InChI is InChI=1S/C10H11ClN4O/c1-16-9-5-3-2-4-8(9)7-15-10(6-11)12-13-14-15/h2-5H,6-7H2,1H3. The highest BCUT2D eigenvalue weighted by molar-refractivity contribution is 6.16. The molecular weight excluding hydrogens is 228 g/mol. The fourth-order valence-electron chi connectivity index (χ4n) is 1.44. The lowest BCUT2D eigenvalue weighted by Gasteiger charge is -2.08. The molecule has 2 aromatic rings. The number of para-hydroxylation sites is 1. The molecule has 1 aromatic carbocycles. The Bertz CT molecular complexity index is 471. The van der Waals surface area contributed by atoms with Crippen LogP contribution in [0, 0.1) is 0 Å². The van der Waals surface area contributed by atoms with Gasteiger partial charge in [-0.3, -0.25) is 0 Å². The van der Waals surface area contributed by atoms with Crippen molar-refractivity contribution < 1.29 is 4.74 Å². The molecular formula is C10H11ClN4O. The van der Waals surface area contributed by atoms with Gasteiger partial charge in [0.1, 0.15) is 5.75 Å². The van der Waals surface area contributed by atoms with Crippen LogP contribution in [0.15, 0.2) is 24.3 Å². The molecule has 0 saturated carbocycles. The van der Waals surface area contributed by atoms with Crippen LogP contribution in [0.25, 0.3) is 0 Å². The molecule has 0 unspecified atom stereocenters. The van der Waals surface area contributed by atoms with E-state index in [1.807, 2.05) is 24.3 Å². The molecule has 6 heteroatoms. The minimum absolute atomic E-state index is 0.294. The van der Waals surface area contributed by atoms with Gasteiger partial charge in [-0.25, -0.2) is 4.68 Å². The summed E-state index contributed by atoms with van der Waals surface area (Å²) in [4.78, 5) is 0. The lowest BCUT2D eigenvalue weighted by Crippen LogP contribution is -2.07. The largest absolute Gasteiger partial charge is 0.496 e. The van der Waals surface area contributed by atoms with Crippen LogP contribution in [0.4, 0.5) is 0 Å². The first-order valence-corrected chi connectivity index (χ1v) is 5.31. The van der Waals surface area contributed by atoms with Gasteiger partial charge in [0.05, 0.1) is 19.5 Å². The summed E-state index contributed by atoms with van der Waals surface area (Å²) in [6, 6.07) is 7.74. The highest BCUT2D eigenvalue weighted by Crippen LogP contribution is 2.18. The van der Waals surface area contributed by atoms with Gasteiger partial charge in [0.15, 0.2) is 5.82 Å². The molecule has 1 heterocycles. The molecule has 16 heavy (non-hydrogen) atoms. The number of hydrogen-bond donors (Lipinski definition) is 0. The number of tetrazole rings is 1. The second kappa shape index (κ2) is 4.94. The number of methoxy groups -OCH3 is 1. The van der Waals surface area contributed by atoms with E-state index in [-0.39, 0.29) is 0 Å². The van der Waals surface area contributed by atoms with Gasteiger partial charge in [0, 0.05) is 5.56 Å². The molecule has 0 aliphatic rings. The van der Waals surface area contributed by atoms with Crippen LogP contribution < -0.4 is 4.74 Å². The number of ether oxygens (including phenoxy) is 1. The van der Waals surface area contributed by atoms with Gasteiger partial charge in [-0.05, 0) is 16.5 Å². The molecule has 0 fully saturated rings. The zero-order chi connectivity index (χ0) is 11.4. The Morgan fingerprint density at radius 3 is 2.94 bits per heavy atom. The van der Waals surface area contributed by atoms with Gasteiger partial charge in [-0.2, -0.15) is 0 Å². The minimum atomic E-state index is 0.294. The van der Waals surface area contributed by atoms with Gasteiger partial charge in [-0.15, -0.1) is 16.7 Å². The van der Waals surface area contributed by atoms with Crippen molar-refractivity contribution in [1.82, 2.24) is 20.2 Å². The Morgan fingerprint density at radius 1 is 1.38 bits per heavy atom. The SMILES string of the molecule is COc1ccccc1Cn1nnnc1CCl. The topological polar surface area (TPSA) is 52.8 Å². The summed E-state index contributed by atoms with van der Waals surface area (Å²) >= 11 is 5.72. The third kappa shape index (κ3) is 2.14. The predicted octanol–water partition coefficient (Wildman–Crippen LogP) is 1.47. The summed E-state index contributed by atoms with van der Waals surface area (Å²) in [5.74, 6) is 1.76. The second-order valence-corrected chi connectivity index (χ2v) is 3.47. The Morgan fingerprint density at radius 2 is 2.19 bits per heavy atom. The zero-order valence-electron chi connectivity index (χ0n) is 8.80. The zero-order valence-corrected chi connectivity index (χ0v) is 9.55. The van der Waals surface area contributed by atoms with Crippen molar-refractivity contribution in [3.05, 3.63) is 35.7 Å². The van der Waals surface area contributed by atoms with Crippen molar-refractivity contribution in [1.29, 1.82) is 0 Å². The third-order valence-corrected chi connectivity index (χ3v) is 2.48. The number of benzene rings is 1. The molecule has 1 aromatic heterocycles. The summed E-state index contributed by atoms with van der Waals surface area (Å²) in [6.45, 7) is 0.555. The first kappa shape index (κ1) is 10.9. The van der Waals surface area contributed by atoms with Crippen molar-refractivity contribution in [3.8, 4) is 5.75 Å². The third-order valence-electron chi connectivity index (χ3n) is 2.24. The van der Waals surface area contributed by atoms with Crippen LogP contribution in [0.3, 0.4) is 0 Å². The molecule has 0 amide bonds. The fourth-order valence-corrected chi connectivity index (χ4v) is 1.63. The van der Waals surface area contributed by atoms with Crippen molar-refractivity contribution >= 4 is 11.6 Å². The maximum Gasteiger partial charge on any atom is 0.166 e. The Hall–Kier alpha value is -1.62. The van der Waals surface area contributed by atoms with Gasteiger partial charge in [-0.1, -0.05) is 18.2 Å². The summed E-state index contributed by atoms with van der Waals surface area (Å²) in [6.07, 6.45) is 0. The number of alkyl halides is 1. The summed E-state index contributed by atoms with van der Waals surface area (Å²) in [5.41, 5.74) is 1.02. The summed E-state index contributed by atoms with van der Waals surface area (Å²) < 4.78 is 6.91. The number of rotatable bonds is 4. The van der Waals surface area contributed by atoms with E-state index in [0.717, 1.165) is 11.3 Å².